The van der Waals surface area contributed by atoms with Crippen molar-refractivity contribution in [3.05, 3.63) is 81.5 Å². The molecule has 4 aromatic heterocycles. The van der Waals surface area contributed by atoms with Crippen molar-refractivity contribution in [2.45, 2.75) is 45.2 Å². The zero-order valence-corrected chi connectivity index (χ0v) is 17.8. The summed E-state index contributed by atoms with van der Waals surface area (Å²) >= 11 is 0. The van der Waals surface area contributed by atoms with Gasteiger partial charge in [-0.2, -0.15) is 0 Å². The van der Waals surface area contributed by atoms with Gasteiger partial charge in [-0.05, 0) is 49.1 Å². The van der Waals surface area contributed by atoms with E-state index in [1.54, 1.807) is 29.2 Å². The van der Waals surface area contributed by atoms with Crippen molar-refractivity contribution < 1.29 is 4.79 Å². The highest BCUT2D eigenvalue weighted by Gasteiger charge is 2.24. The van der Waals surface area contributed by atoms with Crippen molar-refractivity contribution in [1.82, 2.24) is 24.3 Å². The highest BCUT2D eigenvalue weighted by atomic mass is 16.1. The van der Waals surface area contributed by atoms with Crippen LogP contribution in [-0.4, -0.2) is 24.8 Å². The molecule has 0 aromatic carbocycles. The van der Waals surface area contributed by atoms with Crippen molar-refractivity contribution in [3.63, 3.8) is 0 Å². The number of aryl methyl sites for hydroxylation is 1. The molecule has 0 bridgehead atoms. The summed E-state index contributed by atoms with van der Waals surface area (Å²) in [6, 6.07) is 8.98. The Morgan fingerprint density at radius 1 is 1.25 bits per heavy atom. The van der Waals surface area contributed by atoms with Gasteiger partial charge in [-0.25, -0.2) is 4.98 Å². The van der Waals surface area contributed by atoms with Crippen LogP contribution < -0.4 is 16.4 Å². The Hall–Kier alpha value is -3.81. The Labute approximate surface area is 184 Å². The van der Waals surface area contributed by atoms with Crippen LogP contribution in [0, 0.1) is 12.3 Å². The van der Waals surface area contributed by atoms with Crippen LogP contribution in [-0.2, 0) is 6.54 Å². The lowest BCUT2D eigenvalue weighted by Crippen LogP contribution is -2.36. The number of hydrogen-bond acceptors (Lipinski definition) is 5. The van der Waals surface area contributed by atoms with Crippen molar-refractivity contribution in [2.24, 2.45) is 0 Å². The molecule has 0 radical (unpaired) electrons. The molecule has 4 heterocycles. The first-order chi connectivity index (χ1) is 15.5. The predicted molar refractivity (Wildman–Crippen MR) is 120 cm³/mol. The standard InChI is InChI=1S/C24H24N6O2/c1-15-8-9-20-28-22-19(24(32)29(20)14-15)11-18(21(25)30(22)17-6-2-3-7-17)23(31)27-13-16-5-4-10-26-12-16/h4-5,8-12,14,17,25H,2-3,6-7,13H2,1H3,(H,27,31). The maximum absolute atomic E-state index is 13.4. The molecule has 2 N–H and O–H groups in total. The molecule has 32 heavy (non-hydrogen) atoms. The van der Waals surface area contributed by atoms with Crippen LogP contribution in [0.3, 0.4) is 0 Å². The summed E-state index contributed by atoms with van der Waals surface area (Å²) in [4.78, 5) is 35.3. The van der Waals surface area contributed by atoms with Gasteiger partial charge in [0.05, 0.1) is 10.9 Å². The normalized spacial score (nSPS) is 14.3. The molecule has 0 atom stereocenters. The number of hydrogen-bond donors (Lipinski definition) is 2. The molecule has 0 spiro atoms. The molecule has 162 valence electrons. The lowest BCUT2D eigenvalue weighted by molar-refractivity contribution is 0.0948. The molecule has 1 fully saturated rings. The van der Waals surface area contributed by atoms with Gasteiger partial charge < -0.3 is 9.88 Å². The van der Waals surface area contributed by atoms with Crippen LogP contribution in [0.15, 0.2) is 53.7 Å². The van der Waals surface area contributed by atoms with E-state index in [1.807, 2.05) is 25.1 Å². The molecule has 0 unspecified atom stereocenters. The Morgan fingerprint density at radius 2 is 2.06 bits per heavy atom. The first-order valence-electron chi connectivity index (χ1n) is 10.8. The molecule has 5 rings (SSSR count). The first kappa shape index (κ1) is 20.1. The first-order valence-corrected chi connectivity index (χ1v) is 10.8. The fourth-order valence-electron chi connectivity index (χ4n) is 4.48. The molecular formula is C24H24N6O2. The van der Waals surface area contributed by atoms with Gasteiger partial charge in [0.1, 0.15) is 16.8 Å². The predicted octanol–water partition coefficient (Wildman–Crippen LogP) is 2.88. The largest absolute Gasteiger partial charge is 0.348 e. The second-order valence-corrected chi connectivity index (χ2v) is 8.35. The van der Waals surface area contributed by atoms with Gasteiger partial charge in [0.15, 0.2) is 0 Å². The van der Waals surface area contributed by atoms with E-state index in [2.05, 4.69) is 10.3 Å². The molecule has 0 saturated heterocycles. The van der Waals surface area contributed by atoms with Crippen LogP contribution in [0.5, 0.6) is 0 Å². The monoisotopic (exact) mass is 428 g/mol. The fourth-order valence-corrected chi connectivity index (χ4v) is 4.48. The van der Waals surface area contributed by atoms with Gasteiger partial charge in [0.25, 0.3) is 11.5 Å². The smallest absolute Gasteiger partial charge is 0.267 e. The number of fused-ring (bicyclic) bond motifs is 2. The van der Waals surface area contributed by atoms with E-state index in [0.717, 1.165) is 36.8 Å². The van der Waals surface area contributed by atoms with Crippen molar-refractivity contribution >= 4 is 22.6 Å². The van der Waals surface area contributed by atoms with Gasteiger partial charge in [0, 0.05) is 31.2 Å². The van der Waals surface area contributed by atoms with Crippen LogP contribution >= 0.6 is 0 Å². The van der Waals surface area contributed by atoms with E-state index in [9.17, 15) is 9.59 Å². The molecule has 1 amide bonds. The number of carbonyl (C=O) groups is 1. The Morgan fingerprint density at radius 3 is 2.81 bits per heavy atom. The summed E-state index contributed by atoms with van der Waals surface area (Å²) in [5.41, 5.74) is 2.85. The minimum Gasteiger partial charge on any atom is -0.348 e. The van der Waals surface area contributed by atoms with Crippen LogP contribution in [0.4, 0.5) is 0 Å². The maximum Gasteiger partial charge on any atom is 0.267 e. The molecule has 4 aromatic rings. The highest BCUT2D eigenvalue weighted by Crippen LogP contribution is 2.30. The molecule has 1 saturated carbocycles. The van der Waals surface area contributed by atoms with E-state index in [1.165, 1.54) is 10.5 Å². The van der Waals surface area contributed by atoms with Crippen LogP contribution in [0.2, 0.25) is 0 Å². The number of carbonyl (C=O) groups excluding carboxylic acids is 1. The average Bonchev–Trinajstić information content (AvgIpc) is 3.33. The van der Waals surface area contributed by atoms with E-state index < -0.39 is 0 Å². The zero-order valence-electron chi connectivity index (χ0n) is 17.8. The van der Waals surface area contributed by atoms with E-state index in [-0.39, 0.29) is 28.6 Å². The SMILES string of the molecule is Cc1ccc2nc3c(cc(C(=O)NCc4cccnc4)c(=N)n3C3CCCC3)c(=O)n2c1. The summed E-state index contributed by atoms with van der Waals surface area (Å²) in [7, 11) is 0. The minimum absolute atomic E-state index is 0.0517. The summed E-state index contributed by atoms with van der Waals surface area (Å²) < 4.78 is 3.31. The van der Waals surface area contributed by atoms with E-state index >= 15 is 0 Å². The van der Waals surface area contributed by atoms with Gasteiger partial charge in [-0.3, -0.25) is 24.4 Å². The van der Waals surface area contributed by atoms with Crippen molar-refractivity contribution in [3.8, 4) is 0 Å². The molecular weight excluding hydrogens is 404 g/mol. The van der Waals surface area contributed by atoms with Crippen LogP contribution in [0.25, 0.3) is 16.7 Å². The number of amides is 1. The summed E-state index contributed by atoms with van der Waals surface area (Å²) in [6.45, 7) is 2.21. The van der Waals surface area contributed by atoms with E-state index in [4.69, 9.17) is 10.4 Å². The third-order valence-electron chi connectivity index (χ3n) is 6.11. The maximum atomic E-state index is 13.4. The Bertz CT molecular complexity index is 1450. The number of aromatic nitrogens is 4. The topological polar surface area (TPSA) is 105 Å². The molecule has 1 aliphatic rings. The molecule has 8 heteroatoms. The number of rotatable bonds is 4. The van der Waals surface area contributed by atoms with Crippen LogP contribution in [0.1, 0.15) is 53.2 Å². The summed E-state index contributed by atoms with van der Waals surface area (Å²) in [5, 5.41) is 12.1. The van der Waals surface area contributed by atoms with E-state index in [0.29, 0.717) is 23.2 Å². The Balaban J connectivity index is 1.69. The fraction of sp³-hybridized carbons (Fsp3) is 0.292. The molecule has 8 nitrogen and oxygen atoms in total. The average molecular weight is 428 g/mol. The molecule has 0 aliphatic heterocycles. The Kier molecular flexibility index (Phi) is 5.05. The summed E-state index contributed by atoms with van der Waals surface area (Å²) in [6.07, 6.45) is 9.03. The number of nitrogens with one attached hydrogen (secondary N) is 2. The second-order valence-electron chi connectivity index (χ2n) is 8.35. The number of nitrogens with zero attached hydrogens (tertiary/aromatic N) is 4. The van der Waals surface area contributed by atoms with Gasteiger partial charge >= 0.3 is 0 Å². The highest BCUT2D eigenvalue weighted by molar-refractivity contribution is 5.96. The third kappa shape index (κ3) is 3.47. The third-order valence-corrected chi connectivity index (χ3v) is 6.11. The van der Waals surface area contributed by atoms with Crippen molar-refractivity contribution in [2.75, 3.05) is 0 Å². The molecule has 1 aliphatic carbocycles. The van der Waals surface area contributed by atoms with Gasteiger partial charge in [-0.15, -0.1) is 0 Å². The van der Waals surface area contributed by atoms with Gasteiger partial charge in [-0.1, -0.05) is 25.0 Å². The lowest BCUT2D eigenvalue weighted by atomic mass is 10.1. The quantitative estimate of drug-likeness (QED) is 0.488. The minimum atomic E-state index is -0.388. The van der Waals surface area contributed by atoms with Crippen molar-refractivity contribution in [1.29, 1.82) is 5.41 Å². The summed E-state index contributed by atoms with van der Waals surface area (Å²) in [5.74, 6) is -0.388. The number of pyridine rings is 3. The lowest BCUT2D eigenvalue weighted by Gasteiger charge is -2.19. The van der Waals surface area contributed by atoms with Gasteiger partial charge in [0.2, 0.25) is 0 Å². The second kappa shape index (κ2) is 8.03. The zero-order chi connectivity index (χ0) is 22.2.